The fraction of sp³-hybridized carbons (Fsp3) is 0.462. The summed E-state index contributed by atoms with van der Waals surface area (Å²) in [4.78, 5) is 11.7. The second kappa shape index (κ2) is 4.28. The van der Waals surface area contributed by atoms with Crippen LogP contribution in [0, 0.1) is 0 Å². The molecule has 0 atom stereocenters. The van der Waals surface area contributed by atoms with Crippen molar-refractivity contribution in [1.29, 1.82) is 0 Å². The first-order valence-corrected chi connectivity index (χ1v) is 6.26. The summed E-state index contributed by atoms with van der Waals surface area (Å²) >= 11 is 0. The maximum absolute atomic E-state index is 11.7. The highest BCUT2D eigenvalue weighted by atomic mass is 16.2. The van der Waals surface area contributed by atoms with Crippen molar-refractivity contribution in [2.75, 3.05) is 17.2 Å². The number of nitrogens with one attached hydrogen (secondary N) is 3. The van der Waals surface area contributed by atoms with Crippen molar-refractivity contribution >= 4 is 17.4 Å². The Morgan fingerprint density at radius 3 is 3.06 bits per heavy atom. The van der Waals surface area contributed by atoms with Crippen molar-refractivity contribution in [2.24, 2.45) is 0 Å². The van der Waals surface area contributed by atoms with Crippen LogP contribution < -0.4 is 16.0 Å². The van der Waals surface area contributed by atoms with Crippen molar-refractivity contribution in [3.05, 3.63) is 23.8 Å². The maximum atomic E-state index is 11.7. The summed E-state index contributed by atoms with van der Waals surface area (Å²) in [7, 11) is 0. The average Bonchev–Trinajstić information content (AvgIpc) is 3.13. The number of urea groups is 1. The van der Waals surface area contributed by atoms with Gasteiger partial charge in [-0.15, -0.1) is 0 Å². The number of benzene rings is 1. The van der Waals surface area contributed by atoms with Crippen LogP contribution in [-0.4, -0.2) is 18.6 Å². The van der Waals surface area contributed by atoms with Gasteiger partial charge < -0.3 is 16.0 Å². The molecule has 2 aliphatic rings. The van der Waals surface area contributed by atoms with E-state index in [1.54, 1.807) is 0 Å². The van der Waals surface area contributed by atoms with Gasteiger partial charge in [-0.25, -0.2) is 4.79 Å². The molecule has 1 aromatic carbocycles. The monoisotopic (exact) mass is 231 g/mol. The molecule has 0 spiro atoms. The van der Waals surface area contributed by atoms with Crippen LogP contribution in [0.4, 0.5) is 16.2 Å². The quantitative estimate of drug-likeness (QED) is 0.731. The summed E-state index contributed by atoms with van der Waals surface area (Å²) in [6.45, 7) is 1.02. The third-order valence-electron chi connectivity index (χ3n) is 3.26. The Morgan fingerprint density at radius 1 is 1.35 bits per heavy atom. The van der Waals surface area contributed by atoms with E-state index in [9.17, 15) is 4.79 Å². The first-order chi connectivity index (χ1) is 8.33. The number of anilines is 2. The zero-order valence-corrected chi connectivity index (χ0v) is 9.75. The van der Waals surface area contributed by atoms with Crippen LogP contribution in [0.15, 0.2) is 18.2 Å². The Hall–Kier alpha value is -1.71. The Kier molecular flexibility index (Phi) is 2.63. The van der Waals surface area contributed by atoms with Gasteiger partial charge in [0, 0.05) is 24.0 Å². The van der Waals surface area contributed by atoms with Gasteiger partial charge in [-0.05, 0) is 43.4 Å². The van der Waals surface area contributed by atoms with Gasteiger partial charge in [-0.3, -0.25) is 0 Å². The predicted octanol–water partition coefficient (Wildman–Crippen LogP) is 2.33. The fourth-order valence-corrected chi connectivity index (χ4v) is 2.20. The highest BCUT2D eigenvalue weighted by molar-refractivity contribution is 5.91. The number of carbonyl (C=O) groups excluding carboxylic acids is 1. The lowest BCUT2D eigenvalue weighted by atomic mass is 10.0. The minimum Gasteiger partial charge on any atom is -0.385 e. The SMILES string of the molecule is O=C(Nc1cccc2c1CCCN2)NC1CC1. The van der Waals surface area contributed by atoms with E-state index in [0.29, 0.717) is 6.04 Å². The molecule has 4 heteroatoms. The lowest BCUT2D eigenvalue weighted by molar-refractivity contribution is 0.251. The number of amides is 2. The van der Waals surface area contributed by atoms with Crippen LogP contribution in [0.5, 0.6) is 0 Å². The van der Waals surface area contributed by atoms with Crippen LogP contribution >= 0.6 is 0 Å². The van der Waals surface area contributed by atoms with Crippen molar-refractivity contribution in [1.82, 2.24) is 5.32 Å². The highest BCUT2D eigenvalue weighted by Crippen LogP contribution is 2.29. The third kappa shape index (κ3) is 2.35. The summed E-state index contributed by atoms with van der Waals surface area (Å²) in [5, 5.41) is 9.25. The van der Waals surface area contributed by atoms with Crippen LogP contribution in [0.3, 0.4) is 0 Å². The van der Waals surface area contributed by atoms with Gasteiger partial charge in [0.05, 0.1) is 0 Å². The molecule has 0 aromatic heterocycles. The van der Waals surface area contributed by atoms with Gasteiger partial charge >= 0.3 is 6.03 Å². The van der Waals surface area contributed by atoms with Crippen molar-refractivity contribution < 1.29 is 4.79 Å². The molecule has 0 radical (unpaired) electrons. The Morgan fingerprint density at radius 2 is 2.24 bits per heavy atom. The average molecular weight is 231 g/mol. The molecular weight excluding hydrogens is 214 g/mol. The molecule has 90 valence electrons. The van der Waals surface area contributed by atoms with E-state index in [0.717, 1.165) is 43.6 Å². The minimum absolute atomic E-state index is 0.0773. The van der Waals surface area contributed by atoms with Crippen molar-refractivity contribution in [2.45, 2.75) is 31.7 Å². The molecule has 1 aromatic rings. The summed E-state index contributed by atoms with van der Waals surface area (Å²) in [6, 6.07) is 6.33. The van der Waals surface area contributed by atoms with E-state index in [1.165, 1.54) is 5.56 Å². The Balaban J connectivity index is 1.75. The fourth-order valence-electron chi connectivity index (χ4n) is 2.20. The minimum atomic E-state index is -0.0773. The van der Waals surface area contributed by atoms with Crippen LogP contribution in [0.2, 0.25) is 0 Å². The predicted molar refractivity (Wildman–Crippen MR) is 68.4 cm³/mol. The molecule has 17 heavy (non-hydrogen) atoms. The molecule has 3 N–H and O–H groups in total. The molecule has 3 rings (SSSR count). The molecule has 4 nitrogen and oxygen atoms in total. The number of rotatable bonds is 2. The first kappa shape index (κ1) is 10.4. The van der Waals surface area contributed by atoms with Crippen LogP contribution in [-0.2, 0) is 6.42 Å². The molecule has 1 heterocycles. The summed E-state index contributed by atoms with van der Waals surface area (Å²) < 4.78 is 0. The van der Waals surface area contributed by atoms with Gasteiger partial charge in [0.1, 0.15) is 0 Å². The zero-order chi connectivity index (χ0) is 11.7. The van der Waals surface area contributed by atoms with Crippen molar-refractivity contribution in [3.8, 4) is 0 Å². The lowest BCUT2D eigenvalue weighted by Crippen LogP contribution is -2.31. The van der Waals surface area contributed by atoms with Crippen LogP contribution in [0.25, 0.3) is 0 Å². The number of carbonyl (C=O) groups is 1. The van der Waals surface area contributed by atoms with E-state index in [-0.39, 0.29) is 6.03 Å². The molecule has 1 saturated carbocycles. The van der Waals surface area contributed by atoms with Gasteiger partial charge in [-0.1, -0.05) is 6.07 Å². The number of fused-ring (bicyclic) bond motifs is 1. The van der Waals surface area contributed by atoms with E-state index < -0.39 is 0 Å². The normalized spacial score (nSPS) is 17.9. The zero-order valence-electron chi connectivity index (χ0n) is 9.75. The topological polar surface area (TPSA) is 53.2 Å². The largest absolute Gasteiger partial charge is 0.385 e. The Labute approximate surface area is 101 Å². The smallest absolute Gasteiger partial charge is 0.319 e. The van der Waals surface area contributed by atoms with Gasteiger partial charge in [0.25, 0.3) is 0 Å². The molecule has 1 fully saturated rings. The standard InChI is InChI=1S/C13H17N3O/c17-13(15-9-6-7-9)16-12-5-1-4-11-10(12)3-2-8-14-11/h1,4-5,9,14H,2-3,6-8H2,(H2,15,16,17). The summed E-state index contributed by atoms with van der Waals surface area (Å²) in [5.74, 6) is 0. The highest BCUT2D eigenvalue weighted by Gasteiger charge is 2.23. The van der Waals surface area contributed by atoms with E-state index in [2.05, 4.69) is 22.0 Å². The second-order valence-corrected chi connectivity index (χ2v) is 4.73. The molecule has 2 amide bonds. The van der Waals surface area contributed by atoms with Gasteiger partial charge in [0.15, 0.2) is 0 Å². The maximum Gasteiger partial charge on any atom is 0.319 e. The molecule has 0 bridgehead atoms. The molecule has 1 aliphatic heterocycles. The third-order valence-corrected chi connectivity index (χ3v) is 3.26. The van der Waals surface area contributed by atoms with E-state index >= 15 is 0 Å². The van der Waals surface area contributed by atoms with Gasteiger partial charge in [-0.2, -0.15) is 0 Å². The van der Waals surface area contributed by atoms with E-state index in [1.807, 2.05) is 12.1 Å². The van der Waals surface area contributed by atoms with Gasteiger partial charge in [0.2, 0.25) is 0 Å². The number of hydrogen-bond donors (Lipinski definition) is 3. The first-order valence-electron chi connectivity index (χ1n) is 6.26. The van der Waals surface area contributed by atoms with E-state index in [4.69, 9.17) is 0 Å². The molecular formula is C13H17N3O. The lowest BCUT2D eigenvalue weighted by Gasteiger charge is -2.21. The van der Waals surface area contributed by atoms with Crippen molar-refractivity contribution in [3.63, 3.8) is 0 Å². The van der Waals surface area contributed by atoms with Crippen LogP contribution in [0.1, 0.15) is 24.8 Å². The Bertz CT molecular complexity index is 440. The molecule has 1 aliphatic carbocycles. The molecule has 0 unspecified atom stereocenters. The molecule has 0 saturated heterocycles. The summed E-state index contributed by atoms with van der Waals surface area (Å²) in [5.41, 5.74) is 3.32. The number of hydrogen-bond acceptors (Lipinski definition) is 2. The second-order valence-electron chi connectivity index (χ2n) is 4.73. The summed E-state index contributed by atoms with van der Waals surface area (Å²) in [6.07, 6.45) is 4.38.